The number of aromatic hydroxyl groups is 1. The molecule has 0 fully saturated rings. The standard InChI is InChI=1S/C20H16N2O3/c1-12-19-17(8-9-21-12)16-7-6-15(23)10-18(16)22(19)11-13-2-4-14(5-3-13)20(24)25/h2-10,23H,11H2,1H3,(H,24,25). The number of carboxylic acid groups (broad SMARTS) is 1. The van der Waals surface area contributed by atoms with Gasteiger partial charge >= 0.3 is 5.97 Å². The van der Waals surface area contributed by atoms with Gasteiger partial charge in [-0.05, 0) is 42.8 Å². The first-order valence-corrected chi connectivity index (χ1v) is 7.93. The third-order valence-corrected chi connectivity index (χ3v) is 4.48. The van der Waals surface area contributed by atoms with Gasteiger partial charge in [-0.3, -0.25) is 4.98 Å². The Balaban J connectivity index is 1.92. The Bertz CT molecular complexity index is 1110. The molecule has 2 aromatic carbocycles. The predicted molar refractivity (Wildman–Crippen MR) is 96.1 cm³/mol. The molecule has 4 aromatic rings. The number of benzene rings is 2. The van der Waals surface area contributed by atoms with E-state index in [1.54, 1.807) is 30.5 Å². The van der Waals surface area contributed by atoms with Crippen LogP contribution in [0.25, 0.3) is 21.8 Å². The number of pyridine rings is 1. The fourth-order valence-corrected chi connectivity index (χ4v) is 3.31. The number of nitrogens with zero attached hydrogens (tertiary/aromatic N) is 2. The summed E-state index contributed by atoms with van der Waals surface area (Å²) in [5.74, 6) is -0.725. The number of phenols is 1. The van der Waals surface area contributed by atoms with E-state index in [9.17, 15) is 9.90 Å². The van der Waals surface area contributed by atoms with Crippen molar-refractivity contribution < 1.29 is 15.0 Å². The van der Waals surface area contributed by atoms with Gasteiger partial charge in [0.25, 0.3) is 0 Å². The van der Waals surface area contributed by atoms with Crippen molar-refractivity contribution in [3.8, 4) is 5.75 Å². The highest BCUT2D eigenvalue weighted by Gasteiger charge is 2.14. The summed E-state index contributed by atoms with van der Waals surface area (Å²) >= 11 is 0. The molecule has 4 rings (SSSR count). The van der Waals surface area contributed by atoms with Gasteiger partial charge in [-0.15, -0.1) is 0 Å². The van der Waals surface area contributed by atoms with E-state index < -0.39 is 5.97 Å². The summed E-state index contributed by atoms with van der Waals surface area (Å²) in [6.07, 6.45) is 1.79. The second-order valence-electron chi connectivity index (χ2n) is 6.08. The van der Waals surface area contributed by atoms with Crippen molar-refractivity contribution in [2.75, 3.05) is 0 Å². The lowest BCUT2D eigenvalue weighted by atomic mass is 10.1. The van der Waals surface area contributed by atoms with Gasteiger partial charge in [-0.1, -0.05) is 12.1 Å². The molecule has 25 heavy (non-hydrogen) atoms. The summed E-state index contributed by atoms with van der Waals surface area (Å²) in [7, 11) is 0. The molecule has 0 atom stereocenters. The molecular weight excluding hydrogens is 316 g/mol. The third kappa shape index (κ3) is 2.50. The largest absolute Gasteiger partial charge is 0.508 e. The quantitative estimate of drug-likeness (QED) is 0.596. The van der Waals surface area contributed by atoms with Crippen LogP contribution in [-0.4, -0.2) is 25.7 Å². The van der Waals surface area contributed by atoms with Gasteiger partial charge in [0.15, 0.2) is 0 Å². The minimum atomic E-state index is -0.937. The van der Waals surface area contributed by atoms with Crippen molar-refractivity contribution in [1.82, 2.24) is 9.55 Å². The van der Waals surface area contributed by atoms with Crippen LogP contribution < -0.4 is 0 Å². The zero-order valence-corrected chi connectivity index (χ0v) is 13.6. The second-order valence-corrected chi connectivity index (χ2v) is 6.08. The number of phenolic OH excluding ortho intramolecular Hbond substituents is 1. The van der Waals surface area contributed by atoms with Gasteiger partial charge in [-0.2, -0.15) is 0 Å². The Morgan fingerprint density at radius 3 is 2.56 bits per heavy atom. The zero-order valence-electron chi connectivity index (χ0n) is 13.6. The summed E-state index contributed by atoms with van der Waals surface area (Å²) in [5, 5.41) is 21.1. The summed E-state index contributed by atoms with van der Waals surface area (Å²) in [6.45, 7) is 2.53. The minimum Gasteiger partial charge on any atom is -0.508 e. The number of aromatic carboxylic acids is 1. The van der Waals surface area contributed by atoms with Crippen LogP contribution in [0.15, 0.2) is 54.7 Å². The maximum atomic E-state index is 11.0. The Morgan fingerprint density at radius 1 is 1.08 bits per heavy atom. The molecule has 0 aliphatic rings. The normalized spacial score (nSPS) is 11.2. The first-order valence-electron chi connectivity index (χ1n) is 7.93. The molecule has 2 aromatic heterocycles. The second kappa shape index (κ2) is 5.63. The number of hydrogen-bond donors (Lipinski definition) is 2. The summed E-state index contributed by atoms with van der Waals surface area (Å²) in [6, 6.07) is 14.2. The number of fused-ring (bicyclic) bond motifs is 3. The van der Waals surface area contributed by atoms with Crippen LogP contribution in [0.2, 0.25) is 0 Å². The molecule has 0 bridgehead atoms. The molecule has 0 aliphatic heterocycles. The third-order valence-electron chi connectivity index (χ3n) is 4.48. The van der Waals surface area contributed by atoms with Crippen molar-refractivity contribution >= 4 is 27.8 Å². The number of aromatic nitrogens is 2. The first-order chi connectivity index (χ1) is 12.0. The Hall–Kier alpha value is -3.34. The fourth-order valence-electron chi connectivity index (χ4n) is 3.31. The molecule has 2 N–H and O–H groups in total. The van der Waals surface area contributed by atoms with Gasteiger partial charge < -0.3 is 14.8 Å². The molecule has 0 unspecified atom stereocenters. The molecule has 5 nitrogen and oxygen atoms in total. The summed E-state index contributed by atoms with van der Waals surface area (Å²) in [5.41, 5.74) is 4.10. The maximum Gasteiger partial charge on any atom is 0.335 e. The van der Waals surface area contributed by atoms with E-state index >= 15 is 0 Å². The number of hydrogen-bond acceptors (Lipinski definition) is 3. The van der Waals surface area contributed by atoms with Crippen LogP contribution in [-0.2, 0) is 6.54 Å². The van der Waals surface area contributed by atoms with Gasteiger partial charge in [-0.25, -0.2) is 4.79 Å². The van der Waals surface area contributed by atoms with Gasteiger partial charge in [0.05, 0.1) is 22.3 Å². The number of carboxylic acids is 1. The Kier molecular flexibility index (Phi) is 3.42. The molecule has 2 heterocycles. The number of carbonyl (C=O) groups is 1. The van der Waals surface area contributed by atoms with E-state index in [1.807, 2.05) is 31.2 Å². The van der Waals surface area contributed by atoms with Crippen molar-refractivity contribution in [2.45, 2.75) is 13.5 Å². The van der Waals surface area contributed by atoms with Crippen LogP contribution in [0.5, 0.6) is 5.75 Å². The predicted octanol–water partition coefficient (Wildman–Crippen LogP) is 3.95. The van der Waals surface area contributed by atoms with Crippen molar-refractivity contribution in [1.29, 1.82) is 0 Å². The van der Waals surface area contributed by atoms with E-state index in [1.165, 1.54) is 0 Å². The fraction of sp³-hybridized carbons (Fsp3) is 0.100. The Labute approximate surface area is 143 Å². The monoisotopic (exact) mass is 332 g/mol. The van der Waals surface area contributed by atoms with Crippen molar-refractivity contribution in [3.63, 3.8) is 0 Å². The molecule has 0 saturated heterocycles. The average Bonchev–Trinajstić information content (AvgIpc) is 2.90. The lowest BCUT2D eigenvalue weighted by Crippen LogP contribution is -2.02. The molecule has 0 amide bonds. The summed E-state index contributed by atoms with van der Waals surface area (Å²) in [4.78, 5) is 15.4. The van der Waals surface area contributed by atoms with Gasteiger partial charge in [0, 0.05) is 29.6 Å². The molecule has 5 heteroatoms. The molecule has 0 aliphatic carbocycles. The van der Waals surface area contributed by atoms with Crippen LogP contribution in [0.1, 0.15) is 21.6 Å². The maximum absolute atomic E-state index is 11.0. The minimum absolute atomic E-state index is 0.211. The number of rotatable bonds is 3. The lowest BCUT2D eigenvalue weighted by Gasteiger charge is -2.09. The van der Waals surface area contributed by atoms with E-state index in [4.69, 9.17) is 5.11 Å². The van der Waals surface area contributed by atoms with Crippen molar-refractivity contribution in [2.24, 2.45) is 0 Å². The molecule has 124 valence electrons. The highest BCUT2D eigenvalue weighted by atomic mass is 16.4. The smallest absolute Gasteiger partial charge is 0.335 e. The summed E-state index contributed by atoms with van der Waals surface area (Å²) < 4.78 is 2.11. The van der Waals surface area contributed by atoms with E-state index in [-0.39, 0.29) is 11.3 Å². The molecule has 0 saturated carbocycles. The van der Waals surface area contributed by atoms with E-state index in [0.29, 0.717) is 6.54 Å². The van der Waals surface area contributed by atoms with Gasteiger partial charge in [0.1, 0.15) is 5.75 Å². The highest BCUT2D eigenvalue weighted by Crippen LogP contribution is 2.32. The van der Waals surface area contributed by atoms with Crippen LogP contribution in [0, 0.1) is 6.92 Å². The zero-order chi connectivity index (χ0) is 17.6. The highest BCUT2D eigenvalue weighted by molar-refractivity contribution is 6.09. The van der Waals surface area contributed by atoms with Crippen molar-refractivity contribution in [3.05, 3.63) is 71.5 Å². The van der Waals surface area contributed by atoms with Crippen LogP contribution in [0.4, 0.5) is 0 Å². The van der Waals surface area contributed by atoms with Crippen LogP contribution in [0.3, 0.4) is 0 Å². The van der Waals surface area contributed by atoms with E-state index in [2.05, 4.69) is 9.55 Å². The average molecular weight is 332 g/mol. The molecule has 0 radical (unpaired) electrons. The topological polar surface area (TPSA) is 75.4 Å². The SMILES string of the molecule is Cc1nccc2c3ccc(O)cc3n(Cc3ccc(C(=O)O)cc3)c12. The van der Waals surface area contributed by atoms with E-state index in [0.717, 1.165) is 33.1 Å². The first kappa shape index (κ1) is 15.2. The van der Waals surface area contributed by atoms with Crippen LogP contribution >= 0.6 is 0 Å². The lowest BCUT2D eigenvalue weighted by molar-refractivity contribution is 0.0697. The Morgan fingerprint density at radius 2 is 1.84 bits per heavy atom. The van der Waals surface area contributed by atoms with Gasteiger partial charge in [0.2, 0.25) is 0 Å². The molecular formula is C20H16N2O3. The number of aryl methyl sites for hydroxylation is 1. The molecule has 0 spiro atoms.